The second kappa shape index (κ2) is 5.87. The van der Waals surface area contributed by atoms with E-state index in [1.807, 2.05) is 18.2 Å². The molecule has 1 aromatic heterocycles. The third-order valence-corrected chi connectivity index (χ3v) is 4.10. The van der Waals surface area contributed by atoms with Crippen LogP contribution in [-0.2, 0) is 0 Å². The SMILES string of the molecule is O=C(NC(c1ccc2c(c1)OCCO2)C1CC1)c1cnccn1. The van der Waals surface area contributed by atoms with Crippen molar-refractivity contribution in [3.05, 3.63) is 48.0 Å². The van der Waals surface area contributed by atoms with Gasteiger partial charge in [-0.1, -0.05) is 6.07 Å². The molecule has 1 saturated carbocycles. The molecule has 1 aliphatic heterocycles. The number of carbonyl (C=O) groups is 1. The highest BCUT2D eigenvalue weighted by Crippen LogP contribution is 2.43. The second-order valence-electron chi connectivity index (χ2n) is 5.78. The Morgan fingerprint density at radius 3 is 2.74 bits per heavy atom. The minimum absolute atomic E-state index is 0.0414. The fourth-order valence-electron chi connectivity index (χ4n) is 2.79. The summed E-state index contributed by atoms with van der Waals surface area (Å²) in [5.41, 5.74) is 1.37. The summed E-state index contributed by atoms with van der Waals surface area (Å²) in [6.07, 6.45) is 6.77. The van der Waals surface area contributed by atoms with Crippen LogP contribution in [0.5, 0.6) is 11.5 Å². The van der Waals surface area contributed by atoms with E-state index in [1.54, 1.807) is 6.20 Å². The number of ether oxygens (including phenoxy) is 2. The van der Waals surface area contributed by atoms with Crippen LogP contribution in [-0.4, -0.2) is 29.1 Å². The molecule has 4 rings (SSSR count). The lowest BCUT2D eigenvalue weighted by Gasteiger charge is -2.23. The van der Waals surface area contributed by atoms with E-state index in [0.717, 1.165) is 29.9 Å². The van der Waals surface area contributed by atoms with Gasteiger partial charge in [-0.25, -0.2) is 4.98 Å². The Labute approximate surface area is 133 Å². The van der Waals surface area contributed by atoms with Crippen molar-refractivity contribution in [3.8, 4) is 11.5 Å². The topological polar surface area (TPSA) is 73.3 Å². The monoisotopic (exact) mass is 311 g/mol. The van der Waals surface area contributed by atoms with Gasteiger partial charge in [-0.05, 0) is 36.5 Å². The Balaban J connectivity index is 1.57. The molecule has 1 atom stereocenters. The predicted octanol–water partition coefficient (Wildman–Crippen LogP) is 2.13. The highest BCUT2D eigenvalue weighted by atomic mass is 16.6. The number of benzene rings is 1. The van der Waals surface area contributed by atoms with Gasteiger partial charge in [0.1, 0.15) is 18.9 Å². The first kappa shape index (κ1) is 14.0. The zero-order valence-electron chi connectivity index (χ0n) is 12.6. The van der Waals surface area contributed by atoms with Crippen molar-refractivity contribution in [1.29, 1.82) is 0 Å². The van der Waals surface area contributed by atoms with Crippen molar-refractivity contribution in [2.75, 3.05) is 13.2 Å². The molecule has 1 unspecified atom stereocenters. The summed E-state index contributed by atoms with van der Waals surface area (Å²) in [7, 11) is 0. The maximum absolute atomic E-state index is 12.4. The molecule has 0 radical (unpaired) electrons. The minimum atomic E-state index is -0.204. The van der Waals surface area contributed by atoms with Gasteiger partial charge in [-0.15, -0.1) is 0 Å². The van der Waals surface area contributed by atoms with Crippen molar-refractivity contribution < 1.29 is 14.3 Å². The minimum Gasteiger partial charge on any atom is -0.486 e. The van der Waals surface area contributed by atoms with Gasteiger partial charge < -0.3 is 14.8 Å². The van der Waals surface area contributed by atoms with Gasteiger partial charge in [0.05, 0.1) is 12.2 Å². The molecular weight excluding hydrogens is 294 g/mol. The zero-order valence-corrected chi connectivity index (χ0v) is 12.6. The average molecular weight is 311 g/mol. The van der Waals surface area contributed by atoms with Crippen molar-refractivity contribution >= 4 is 5.91 Å². The number of nitrogens with zero attached hydrogens (tertiary/aromatic N) is 2. The van der Waals surface area contributed by atoms with Gasteiger partial charge in [-0.3, -0.25) is 9.78 Å². The van der Waals surface area contributed by atoms with E-state index in [4.69, 9.17) is 9.47 Å². The third-order valence-electron chi connectivity index (χ3n) is 4.10. The summed E-state index contributed by atoms with van der Waals surface area (Å²) in [5.74, 6) is 1.76. The summed E-state index contributed by atoms with van der Waals surface area (Å²) in [6, 6.07) is 5.83. The predicted molar refractivity (Wildman–Crippen MR) is 82.4 cm³/mol. The van der Waals surface area contributed by atoms with E-state index < -0.39 is 0 Å². The van der Waals surface area contributed by atoms with Crippen LogP contribution in [0.15, 0.2) is 36.8 Å². The Kier molecular flexibility index (Phi) is 3.57. The molecule has 23 heavy (non-hydrogen) atoms. The molecule has 6 nitrogen and oxygen atoms in total. The maximum atomic E-state index is 12.4. The Bertz CT molecular complexity index is 716. The molecule has 0 spiro atoms. The third kappa shape index (κ3) is 2.97. The van der Waals surface area contributed by atoms with Crippen LogP contribution in [0, 0.1) is 5.92 Å². The number of aromatic nitrogens is 2. The summed E-state index contributed by atoms with van der Waals surface area (Å²) in [5, 5.41) is 3.08. The summed E-state index contributed by atoms with van der Waals surface area (Å²) < 4.78 is 11.2. The van der Waals surface area contributed by atoms with Crippen LogP contribution < -0.4 is 14.8 Å². The molecule has 6 heteroatoms. The number of nitrogens with one attached hydrogen (secondary N) is 1. The largest absolute Gasteiger partial charge is 0.486 e. The normalized spacial score (nSPS) is 17.4. The lowest BCUT2D eigenvalue weighted by atomic mass is 10.0. The zero-order chi connectivity index (χ0) is 15.6. The van der Waals surface area contributed by atoms with Gasteiger partial charge in [0.2, 0.25) is 0 Å². The highest BCUT2D eigenvalue weighted by molar-refractivity contribution is 5.92. The fourth-order valence-corrected chi connectivity index (χ4v) is 2.79. The summed E-state index contributed by atoms with van der Waals surface area (Å²) >= 11 is 0. The molecule has 1 amide bonds. The molecule has 118 valence electrons. The second-order valence-corrected chi connectivity index (χ2v) is 5.78. The smallest absolute Gasteiger partial charge is 0.271 e. The first-order chi connectivity index (χ1) is 11.3. The van der Waals surface area contributed by atoms with Crippen LogP contribution in [0.1, 0.15) is 34.9 Å². The fraction of sp³-hybridized carbons (Fsp3) is 0.353. The van der Waals surface area contributed by atoms with E-state index in [0.29, 0.717) is 24.8 Å². The Morgan fingerprint density at radius 2 is 2.00 bits per heavy atom. The van der Waals surface area contributed by atoms with Crippen molar-refractivity contribution in [2.24, 2.45) is 5.92 Å². The van der Waals surface area contributed by atoms with E-state index in [1.165, 1.54) is 12.4 Å². The quantitative estimate of drug-likeness (QED) is 0.936. The molecule has 2 heterocycles. The number of fused-ring (bicyclic) bond motifs is 1. The number of carbonyl (C=O) groups excluding carboxylic acids is 1. The van der Waals surface area contributed by atoms with E-state index in [-0.39, 0.29) is 11.9 Å². The van der Waals surface area contributed by atoms with Gasteiger partial charge in [-0.2, -0.15) is 0 Å². The number of rotatable bonds is 4. The maximum Gasteiger partial charge on any atom is 0.271 e. The van der Waals surface area contributed by atoms with Crippen LogP contribution >= 0.6 is 0 Å². The molecule has 0 bridgehead atoms. The van der Waals surface area contributed by atoms with Crippen LogP contribution in [0.3, 0.4) is 0 Å². The number of amides is 1. The molecule has 2 aromatic rings. The lowest BCUT2D eigenvalue weighted by molar-refractivity contribution is 0.0926. The Hall–Kier alpha value is -2.63. The molecular formula is C17H17N3O3. The molecule has 2 aliphatic rings. The number of hydrogen-bond donors (Lipinski definition) is 1. The van der Waals surface area contributed by atoms with Crippen molar-refractivity contribution in [2.45, 2.75) is 18.9 Å². The first-order valence-corrected chi connectivity index (χ1v) is 7.78. The molecule has 0 saturated heterocycles. The molecule has 1 aliphatic carbocycles. The average Bonchev–Trinajstić information content (AvgIpc) is 3.45. The van der Waals surface area contributed by atoms with E-state index >= 15 is 0 Å². The standard InChI is InChI=1S/C17H17N3O3/c21-17(13-10-18-5-6-19-13)20-16(11-1-2-11)12-3-4-14-15(9-12)23-8-7-22-14/h3-6,9-11,16H,1-2,7-8H2,(H,20,21). The lowest BCUT2D eigenvalue weighted by Crippen LogP contribution is -2.30. The Morgan fingerprint density at radius 1 is 1.17 bits per heavy atom. The van der Waals surface area contributed by atoms with Crippen LogP contribution in [0.4, 0.5) is 0 Å². The highest BCUT2D eigenvalue weighted by Gasteiger charge is 2.34. The van der Waals surface area contributed by atoms with E-state index in [2.05, 4.69) is 15.3 Å². The van der Waals surface area contributed by atoms with Crippen LogP contribution in [0.2, 0.25) is 0 Å². The van der Waals surface area contributed by atoms with E-state index in [9.17, 15) is 4.79 Å². The van der Waals surface area contributed by atoms with Gasteiger partial charge in [0.15, 0.2) is 11.5 Å². The van der Waals surface area contributed by atoms with Gasteiger partial charge in [0, 0.05) is 12.4 Å². The molecule has 1 N–H and O–H groups in total. The van der Waals surface area contributed by atoms with Crippen molar-refractivity contribution in [1.82, 2.24) is 15.3 Å². The van der Waals surface area contributed by atoms with Gasteiger partial charge >= 0.3 is 0 Å². The van der Waals surface area contributed by atoms with Crippen molar-refractivity contribution in [3.63, 3.8) is 0 Å². The van der Waals surface area contributed by atoms with Gasteiger partial charge in [0.25, 0.3) is 5.91 Å². The molecule has 1 fully saturated rings. The van der Waals surface area contributed by atoms with Crippen LogP contribution in [0.25, 0.3) is 0 Å². The first-order valence-electron chi connectivity index (χ1n) is 7.78. The summed E-state index contributed by atoms with van der Waals surface area (Å²) in [6.45, 7) is 1.12. The molecule has 1 aromatic carbocycles. The summed E-state index contributed by atoms with van der Waals surface area (Å²) in [4.78, 5) is 20.4. The number of hydrogen-bond acceptors (Lipinski definition) is 5.